The second kappa shape index (κ2) is 4.60. The predicted molar refractivity (Wildman–Crippen MR) is 66.9 cm³/mol. The number of rotatable bonds is 1. The fraction of sp³-hybridized carbons (Fsp3) is 0.333. The van der Waals surface area contributed by atoms with E-state index in [4.69, 9.17) is 10.5 Å². The Morgan fingerprint density at radius 2 is 2.06 bits per heavy atom. The van der Waals surface area contributed by atoms with E-state index in [1.165, 1.54) is 6.26 Å². The Morgan fingerprint density at radius 3 is 2.76 bits per heavy atom. The van der Waals surface area contributed by atoms with Crippen molar-refractivity contribution in [1.29, 1.82) is 0 Å². The van der Waals surface area contributed by atoms with Gasteiger partial charge in [-0.2, -0.15) is 0 Å². The molecule has 2 rings (SSSR count). The fourth-order valence-corrected chi connectivity index (χ4v) is 2.87. The van der Waals surface area contributed by atoms with E-state index < -0.39 is 15.9 Å². The van der Waals surface area contributed by atoms with E-state index in [0.29, 0.717) is 23.7 Å². The number of sulfone groups is 1. The van der Waals surface area contributed by atoms with Gasteiger partial charge in [-0.1, -0.05) is 24.3 Å². The molecule has 0 bridgehead atoms. The van der Waals surface area contributed by atoms with Gasteiger partial charge in [-0.05, 0) is 17.2 Å². The van der Waals surface area contributed by atoms with Crippen molar-refractivity contribution < 1.29 is 13.2 Å². The van der Waals surface area contributed by atoms with E-state index in [1.807, 2.05) is 18.2 Å². The van der Waals surface area contributed by atoms with Crippen molar-refractivity contribution >= 4 is 14.7 Å². The first-order valence-electron chi connectivity index (χ1n) is 5.32. The summed E-state index contributed by atoms with van der Waals surface area (Å²) in [5.74, 6) is 0. The molecule has 0 spiro atoms. The molecule has 1 unspecified atom stereocenters. The normalized spacial score (nSPS) is 24.1. The third-order valence-corrected chi connectivity index (χ3v) is 3.77. The van der Waals surface area contributed by atoms with Gasteiger partial charge in [0.15, 0.2) is 9.84 Å². The minimum Gasteiger partial charge on any atom is -0.375 e. The average Bonchev–Trinajstić information content (AvgIpc) is 2.22. The Hall–Kier alpha value is -1.17. The summed E-state index contributed by atoms with van der Waals surface area (Å²) in [6.07, 6.45) is 2.76. The maximum atomic E-state index is 11.8. The Morgan fingerprint density at radius 1 is 1.35 bits per heavy atom. The SMILES string of the molecule is CS(=O)(=O)/C1=C/C(N)COCc2ccccc21. The lowest BCUT2D eigenvalue weighted by Gasteiger charge is -2.18. The Balaban J connectivity index is 2.63. The van der Waals surface area contributed by atoms with Crippen molar-refractivity contribution in [2.24, 2.45) is 5.73 Å². The molecule has 1 atom stereocenters. The van der Waals surface area contributed by atoms with Crippen LogP contribution in [0.4, 0.5) is 0 Å². The summed E-state index contributed by atoms with van der Waals surface area (Å²) in [5, 5.41) is 0. The second-order valence-electron chi connectivity index (χ2n) is 4.14. The van der Waals surface area contributed by atoms with Crippen LogP contribution in [0, 0.1) is 0 Å². The van der Waals surface area contributed by atoms with Gasteiger partial charge in [0.2, 0.25) is 0 Å². The van der Waals surface area contributed by atoms with Gasteiger partial charge < -0.3 is 10.5 Å². The summed E-state index contributed by atoms with van der Waals surface area (Å²) in [5.41, 5.74) is 7.34. The molecule has 5 heteroatoms. The van der Waals surface area contributed by atoms with Gasteiger partial charge in [0.1, 0.15) is 0 Å². The highest BCUT2D eigenvalue weighted by molar-refractivity contribution is 8.00. The molecule has 1 aromatic carbocycles. The van der Waals surface area contributed by atoms with Crippen LogP contribution in [0.25, 0.3) is 4.91 Å². The van der Waals surface area contributed by atoms with Crippen LogP contribution >= 0.6 is 0 Å². The number of nitrogens with two attached hydrogens (primary N) is 1. The third kappa shape index (κ3) is 2.74. The summed E-state index contributed by atoms with van der Waals surface area (Å²) in [6.45, 7) is 0.712. The molecule has 1 aromatic rings. The lowest BCUT2D eigenvalue weighted by atomic mass is 10.1. The maximum absolute atomic E-state index is 11.8. The molecule has 17 heavy (non-hydrogen) atoms. The first-order valence-corrected chi connectivity index (χ1v) is 7.21. The average molecular weight is 253 g/mol. The lowest BCUT2D eigenvalue weighted by molar-refractivity contribution is 0.115. The van der Waals surface area contributed by atoms with E-state index in [9.17, 15) is 8.42 Å². The molecule has 1 aliphatic heterocycles. The van der Waals surface area contributed by atoms with Crippen LogP contribution in [-0.4, -0.2) is 27.3 Å². The number of benzene rings is 1. The van der Waals surface area contributed by atoms with Gasteiger partial charge in [-0.15, -0.1) is 0 Å². The molecule has 0 radical (unpaired) electrons. The first kappa shape index (κ1) is 12.3. The highest BCUT2D eigenvalue weighted by Crippen LogP contribution is 2.26. The molecule has 0 fully saturated rings. The smallest absolute Gasteiger partial charge is 0.175 e. The van der Waals surface area contributed by atoms with Crippen LogP contribution in [0.3, 0.4) is 0 Å². The van der Waals surface area contributed by atoms with Crippen LogP contribution < -0.4 is 5.73 Å². The molecule has 92 valence electrons. The monoisotopic (exact) mass is 253 g/mol. The van der Waals surface area contributed by atoms with Gasteiger partial charge in [0.25, 0.3) is 0 Å². The molecular weight excluding hydrogens is 238 g/mol. The molecule has 0 saturated carbocycles. The highest BCUT2D eigenvalue weighted by Gasteiger charge is 2.20. The molecule has 0 saturated heterocycles. The minimum atomic E-state index is -3.29. The zero-order valence-corrected chi connectivity index (χ0v) is 10.4. The first-order chi connectivity index (χ1) is 7.98. The molecule has 1 heterocycles. The molecule has 0 aromatic heterocycles. The second-order valence-corrected chi connectivity index (χ2v) is 6.12. The third-order valence-electron chi connectivity index (χ3n) is 2.62. The quantitative estimate of drug-likeness (QED) is 0.808. The topological polar surface area (TPSA) is 69.4 Å². The van der Waals surface area contributed by atoms with Gasteiger partial charge in [0, 0.05) is 12.3 Å². The molecule has 4 nitrogen and oxygen atoms in total. The van der Waals surface area contributed by atoms with Crippen LogP contribution in [0.5, 0.6) is 0 Å². The highest BCUT2D eigenvalue weighted by atomic mass is 32.2. The van der Waals surface area contributed by atoms with E-state index in [-0.39, 0.29) is 0 Å². The number of fused-ring (bicyclic) bond motifs is 1. The summed E-state index contributed by atoms with van der Waals surface area (Å²) in [6, 6.07) is 6.93. The van der Waals surface area contributed by atoms with Crippen molar-refractivity contribution in [3.05, 3.63) is 41.5 Å². The zero-order valence-electron chi connectivity index (χ0n) is 9.59. The molecule has 2 N–H and O–H groups in total. The van der Waals surface area contributed by atoms with Crippen molar-refractivity contribution in [2.45, 2.75) is 12.6 Å². The molecule has 0 amide bonds. The summed E-state index contributed by atoms with van der Waals surface area (Å²) < 4.78 is 29.0. The van der Waals surface area contributed by atoms with E-state index >= 15 is 0 Å². The molecule has 0 aliphatic carbocycles. The Kier molecular flexibility index (Phi) is 3.33. The molecule has 1 aliphatic rings. The van der Waals surface area contributed by atoms with E-state index in [2.05, 4.69) is 0 Å². The van der Waals surface area contributed by atoms with Crippen LogP contribution in [0.1, 0.15) is 11.1 Å². The van der Waals surface area contributed by atoms with Crippen molar-refractivity contribution in [3.63, 3.8) is 0 Å². The summed E-state index contributed by atoms with van der Waals surface area (Å²) in [4.78, 5) is 0.295. The van der Waals surface area contributed by atoms with Gasteiger partial charge >= 0.3 is 0 Å². The standard InChI is InChI=1S/C12H15NO3S/c1-17(14,15)12-6-10(13)8-16-7-9-4-2-3-5-11(9)12/h2-6,10H,7-8,13H2,1H3/b12-6+. The lowest BCUT2D eigenvalue weighted by Crippen LogP contribution is -2.26. The summed E-state index contributed by atoms with van der Waals surface area (Å²) in [7, 11) is -3.29. The number of hydrogen-bond acceptors (Lipinski definition) is 4. The maximum Gasteiger partial charge on any atom is 0.175 e. The van der Waals surface area contributed by atoms with Gasteiger partial charge in [-0.3, -0.25) is 0 Å². The van der Waals surface area contributed by atoms with Crippen molar-refractivity contribution in [1.82, 2.24) is 0 Å². The molecular formula is C12H15NO3S. The van der Waals surface area contributed by atoms with Crippen LogP contribution in [0.2, 0.25) is 0 Å². The predicted octanol–water partition coefficient (Wildman–Crippen LogP) is 0.930. The van der Waals surface area contributed by atoms with Crippen molar-refractivity contribution in [3.8, 4) is 0 Å². The number of ether oxygens (including phenoxy) is 1. The summed E-state index contributed by atoms with van der Waals surface area (Å²) >= 11 is 0. The van der Waals surface area contributed by atoms with E-state index in [0.717, 1.165) is 5.56 Å². The Bertz CT molecular complexity index is 549. The Labute approximate surface area is 101 Å². The van der Waals surface area contributed by atoms with Gasteiger partial charge in [-0.25, -0.2) is 8.42 Å². The minimum absolute atomic E-state index is 0.295. The largest absolute Gasteiger partial charge is 0.375 e. The van der Waals surface area contributed by atoms with Crippen molar-refractivity contribution in [2.75, 3.05) is 12.9 Å². The zero-order chi connectivity index (χ0) is 12.5. The van der Waals surface area contributed by atoms with Crippen LogP contribution in [-0.2, 0) is 21.2 Å². The van der Waals surface area contributed by atoms with Gasteiger partial charge in [0.05, 0.1) is 18.1 Å². The van der Waals surface area contributed by atoms with Crippen LogP contribution in [0.15, 0.2) is 30.3 Å². The number of hydrogen-bond donors (Lipinski definition) is 1. The van der Waals surface area contributed by atoms with E-state index in [1.54, 1.807) is 12.1 Å². The fourth-order valence-electron chi connectivity index (χ4n) is 1.85.